The third kappa shape index (κ3) is 4.47. The number of imide groups is 1. The molecule has 0 atom stereocenters. The van der Waals surface area contributed by atoms with E-state index in [4.69, 9.17) is 10.5 Å². The van der Waals surface area contributed by atoms with Crippen LogP contribution in [0, 0.1) is 5.95 Å². The van der Waals surface area contributed by atoms with Crippen LogP contribution in [0.1, 0.15) is 18.1 Å². The molecule has 2 N–H and O–H groups in total. The summed E-state index contributed by atoms with van der Waals surface area (Å²) in [6.45, 7) is 1.36. The molecule has 1 aliphatic rings. The largest absolute Gasteiger partial charge is 0.457 e. The van der Waals surface area contributed by atoms with Crippen LogP contribution in [0.25, 0.3) is 0 Å². The number of hydrogen-bond donors (Lipinski definition) is 1. The van der Waals surface area contributed by atoms with Gasteiger partial charge in [-0.2, -0.15) is 17.6 Å². The molecule has 34 heavy (non-hydrogen) atoms. The molecule has 176 valence electrons. The summed E-state index contributed by atoms with van der Waals surface area (Å²) in [6.07, 6.45) is -2.50. The highest BCUT2D eigenvalue weighted by Gasteiger charge is 2.39. The minimum absolute atomic E-state index is 0.0675. The summed E-state index contributed by atoms with van der Waals surface area (Å²) in [4.78, 5) is 34.3. The number of rotatable bonds is 5. The first-order valence-corrected chi connectivity index (χ1v) is 9.97. The van der Waals surface area contributed by atoms with Crippen molar-refractivity contribution in [3.8, 4) is 11.5 Å². The monoisotopic (exact) mass is 475 g/mol. The lowest BCUT2D eigenvalue weighted by Crippen LogP contribution is -2.33. The van der Waals surface area contributed by atoms with E-state index in [1.807, 2.05) is 6.92 Å². The molecule has 3 amide bonds. The number of amides is 3. The number of aryl methyl sites for hydroxylation is 1. The normalized spacial score (nSPS) is 14.1. The molecule has 1 aromatic carbocycles. The third-order valence-corrected chi connectivity index (χ3v) is 5.03. The van der Waals surface area contributed by atoms with Crippen molar-refractivity contribution in [1.82, 2.24) is 9.97 Å². The van der Waals surface area contributed by atoms with Crippen molar-refractivity contribution in [3.05, 3.63) is 65.9 Å². The summed E-state index contributed by atoms with van der Waals surface area (Å²) in [7, 11) is 0. The van der Waals surface area contributed by atoms with Crippen LogP contribution in [0.4, 0.5) is 39.5 Å². The quantitative estimate of drug-likeness (QED) is 0.330. The second-order valence-electron chi connectivity index (χ2n) is 7.33. The maximum absolute atomic E-state index is 13.5. The van der Waals surface area contributed by atoms with Gasteiger partial charge in [0, 0.05) is 18.3 Å². The van der Waals surface area contributed by atoms with E-state index >= 15 is 0 Å². The van der Waals surface area contributed by atoms with Crippen molar-refractivity contribution in [2.45, 2.75) is 19.5 Å². The molecule has 0 radical (unpaired) electrons. The van der Waals surface area contributed by atoms with Gasteiger partial charge in [0.1, 0.15) is 23.9 Å². The van der Waals surface area contributed by atoms with Crippen LogP contribution in [0.2, 0.25) is 0 Å². The summed E-state index contributed by atoms with van der Waals surface area (Å²) in [6, 6.07) is 6.82. The Hall–Kier alpha value is -4.22. The van der Waals surface area contributed by atoms with Gasteiger partial charge in [0.25, 0.3) is 5.91 Å². The van der Waals surface area contributed by atoms with Crippen LogP contribution in [-0.4, -0.2) is 28.5 Å². The molecule has 3 aromatic rings. The van der Waals surface area contributed by atoms with Gasteiger partial charge < -0.3 is 10.5 Å². The smallest absolute Gasteiger partial charge is 0.417 e. The van der Waals surface area contributed by atoms with E-state index in [9.17, 15) is 27.2 Å². The number of urea groups is 1. The van der Waals surface area contributed by atoms with E-state index in [0.717, 1.165) is 28.1 Å². The number of alkyl halides is 3. The van der Waals surface area contributed by atoms with Crippen molar-refractivity contribution in [2.75, 3.05) is 22.1 Å². The first-order chi connectivity index (χ1) is 16.1. The van der Waals surface area contributed by atoms with Crippen LogP contribution < -0.4 is 20.3 Å². The average molecular weight is 475 g/mol. The fourth-order valence-corrected chi connectivity index (χ4v) is 3.45. The molecule has 0 unspecified atom stereocenters. The average Bonchev–Trinajstić information content (AvgIpc) is 3.07. The maximum Gasteiger partial charge on any atom is 0.417 e. The number of carbonyl (C=O) groups excluding carboxylic acids is 2. The van der Waals surface area contributed by atoms with Gasteiger partial charge in [-0.15, -0.1) is 0 Å². The maximum atomic E-state index is 13.5. The van der Waals surface area contributed by atoms with Crippen molar-refractivity contribution >= 4 is 29.1 Å². The van der Waals surface area contributed by atoms with Gasteiger partial charge in [-0.3, -0.25) is 14.7 Å². The van der Waals surface area contributed by atoms with Crippen LogP contribution in [0.5, 0.6) is 11.5 Å². The predicted octanol–water partition coefficient (Wildman–Crippen LogP) is 4.54. The Kier molecular flexibility index (Phi) is 5.82. The number of anilines is 3. The molecule has 3 heterocycles. The number of hydrogen-bond acceptors (Lipinski definition) is 6. The Balaban J connectivity index is 1.62. The number of aromatic nitrogens is 2. The number of ether oxygens (including phenoxy) is 1. The van der Waals surface area contributed by atoms with Gasteiger partial charge in [0.15, 0.2) is 0 Å². The summed E-state index contributed by atoms with van der Waals surface area (Å²) in [5.74, 6) is -1.05. The van der Waals surface area contributed by atoms with Gasteiger partial charge >= 0.3 is 12.2 Å². The minimum Gasteiger partial charge on any atom is -0.457 e. The van der Waals surface area contributed by atoms with Crippen molar-refractivity contribution < 1.29 is 31.9 Å². The molecule has 0 spiro atoms. The van der Waals surface area contributed by atoms with Crippen LogP contribution in [-0.2, 0) is 17.4 Å². The molecular weight excluding hydrogens is 458 g/mol. The first-order valence-electron chi connectivity index (χ1n) is 9.97. The van der Waals surface area contributed by atoms with Crippen molar-refractivity contribution in [3.63, 3.8) is 0 Å². The number of carbonyl (C=O) groups is 2. The fourth-order valence-electron chi connectivity index (χ4n) is 3.45. The van der Waals surface area contributed by atoms with E-state index in [1.165, 1.54) is 18.2 Å². The SMILES string of the molecule is CCc1cc(N2C(=O)CN(c3cncc(C(F)(F)F)c3)C2=O)ccc1Oc1cc(N)nc(F)c1. The second-order valence-corrected chi connectivity index (χ2v) is 7.33. The Morgan fingerprint density at radius 3 is 2.53 bits per heavy atom. The highest BCUT2D eigenvalue weighted by Crippen LogP contribution is 2.35. The molecule has 0 bridgehead atoms. The molecule has 2 aromatic heterocycles. The molecule has 12 heteroatoms. The lowest BCUT2D eigenvalue weighted by molar-refractivity contribution is -0.137. The second kappa shape index (κ2) is 8.61. The lowest BCUT2D eigenvalue weighted by atomic mass is 10.1. The number of nitrogens with two attached hydrogens (primary N) is 1. The zero-order chi connectivity index (χ0) is 24.6. The highest BCUT2D eigenvalue weighted by atomic mass is 19.4. The molecule has 1 aliphatic heterocycles. The number of nitrogens with zero attached hydrogens (tertiary/aromatic N) is 4. The van der Waals surface area contributed by atoms with E-state index < -0.39 is 36.2 Å². The van der Waals surface area contributed by atoms with E-state index in [-0.39, 0.29) is 22.9 Å². The molecule has 8 nitrogen and oxygen atoms in total. The van der Waals surface area contributed by atoms with Crippen molar-refractivity contribution in [2.24, 2.45) is 0 Å². The van der Waals surface area contributed by atoms with E-state index in [1.54, 1.807) is 6.07 Å². The minimum atomic E-state index is -4.65. The Morgan fingerprint density at radius 1 is 1.09 bits per heavy atom. The van der Waals surface area contributed by atoms with Gasteiger partial charge in [-0.25, -0.2) is 14.7 Å². The van der Waals surface area contributed by atoms with Crippen molar-refractivity contribution in [1.29, 1.82) is 0 Å². The molecule has 0 aliphatic carbocycles. The molecule has 1 fully saturated rings. The summed E-state index contributed by atoms with van der Waals surface area (Å²) in [5.41, 5.74) is 5.15. The van der Waals surface area contributed by atoms with Crippen LogP contribution in [0.3, 0.4) is 0 Å². The fraction of sp³-hybridized carbons (Fsp3) is 0.182. The highest BCUT2D eigenvalue weighted by molar-refractivity contribution is 6.26. The summed E-state index contributed by atoms with van der Waals surface area (Å²) >= 11 is 0. The summed E-state index contributed by atoms with van der Waals surface area (Å²) in [5, 5.41) is 0. The first kappa shape index (κ1) is 23.0. The molecular formula is C22H17F4N5O3. The topological polar surface area (TPSA) is 102 Å². The Morgan fingerprint density at radius 2 is 1.85 bits per heavy atom. The number of benzene rings is 1. The standard InChI is InChI=1S/C22H17F4N5O3/c1-2-12-5-14(3-4-17(12)34-16-7-18(23)29-19(27)8-16)31-20(32)11-30(21(31)33)15-6-13(9-28-10-15)22(24,25)26/h3-10H,2,11H2,1H3,(H2,27,29). The number of nitrogen functional groups attached to an aromatic ring is 1. The zero-order valence-corrected chi connectivity index (χ0v) is 17.6. The predicted molar refractivity (Wildman–Crippen MR) is 114 cm³/mol. The van der Waals surface area contributed by atoms with Gasteiger partial charge in [0.05, 0.1) is 23.1 Å². The molecule has 1 saturated heterocycles. The molecule has 0 saturated carbocycles. The van der Waals surface area contributed by atoms with Crippen LogP contribution in [0.15, 0.2) is 48.8 Å². The van der Waals surface area contributed by atoms with Gasteiger partial charge in [-0.05, 0) is 36.2 Å². The van der Waals surface area contributed by atoms with Gasteiger partial charge in [-0.1, -0.05) is 6.92 Å². The number of pyridine rings is 2. The Labute approximate surface area is 190 Å². The third-order valence-electron chi connectivity index (χ3n) is 5.03. The van der Waals surface area contributed by atoms with Gasteiger partial charge in [0.2, 0.25) is 5.95 Å². The van der Waals surface area contributed by atoms with E-state index in [0.29, 0.717) is 23.9 Å². The Bertz CT molecular complexity index is 1260. The number of halogens is 4. The summed E-state index contributed by atoms with van der Waals surface area (Å²) < 4.78 is 58.3. The van der Waals surface area contributed by atoms with Crippen LogP contribution >= 0.6 is 0 Å². The lowest BCUT2D eigenvalue weighted by Gasteiger charge is -2.19. The molecule has 4 rings (SSSR count). The zero-order valence-electron chi connectivity index (χ0n) is 17.6. The van der Waals surface area contributed by atoms with E-state index in [2.05, 4.69) is 9.97 Å².